The van der Waals surface area contributed by atoms with Gasteiger partial charge in [0.05, 0.1) is 11.8 Å². The predicted molar refractivity (Wildman–Crippen MR) is 67.9 cm³/mol. The topological polar surface area (TPSA) is 66.4 Å². The van der Waals surface area contributed by atoms with Crippen LogP contribution in [0.1, 0.15) is 39.0 Å². The molecule has 2 aliphatic carbocycles. The van der Waals surface area contributed by atoms with Crippen molar-refractivity contribution in [3.05, 3.63) is 12.2 Å². The molecule has 2 unspecified atom stereocenters. The van der Waals surface area contributed by atoms with Gasteiger partial charge < -0.3 is 10.4 Å². The van der Waals surface area contributed by atoms with Crippen molar-refractivity contribution < 1.29 is 14.7 Å². The molecule has 1 saturated carbocycles. The van der Waals surface area contributed by atoms with Crippen LogP contribution in [0.4, 0.5) is 0 Å². The van der Waals surface area contributed by atoms with Crippen LogP contribution in [0.5, 0.6) is 0 Å². The highest BCUT2D eigenvalue weighted by molar-refractivity contribution is 5.85. The molecule has 0 radical (unpaired) electrons. The van der Waals surface area contributed by atoms with Crippen molar-refractivity contribution in [3.63, 3.8) is 0 Å². The van der Waals surface area contributed by atoms with E-state index in [0.717, 1.165) is 19.3 Å². The lowest BCUT2D eigenvalue weighted by Gasteiger charge is -2.23. The van der Waals surface area contributed by atoms with Gasteiger partial charge in [-0.05, 0) is 38.0 Å². The Labute approximate surface area is 107 Å². The summed E-state index contributed by atoms with van der Waals surface area (Å²) in [6.07, 6.45) is 8.35. The number of carboxylic acids is 1. The Hall–Kier alpha value is -1.32. The minimum Gasteiger partial charge on any atom is -0.481 e. The minimum absolute atomic E-state index is 0.0629. The Morgan fingerprint density at radius 2 is 1.94 bits per heavy atom. The highest BCUT2D eigenvalue weighted by Gasteiger charge is 2.41. The quantitative estimate of drug-likeness (QED) is 0.753. The summed E-state index contributed by atoms with van der Waals surface area (Å²) in [5, 5.41) is 12.2. The van der Waals surface area contributed by atoms with Crippen LogP contribution in [0.25, 0.3) is 0 Å². The van der Waals surface area contributed by atoms with Crippen molar-refractivity contribution in [1.82, 2.24) is 5.32 Å². The number of aliphatic carboxylic acids is 1. The molecule has 2 N–H and O–H groups in total. The Bertz CT molecular complexity index is 364. The smallest absolute Gasteiger partial charge is 0.307 e. The van der Waals surface area contributed by atoms with Crippen LogP contribution in [0.15, 0.2) is 12.2 Å². The monoisotopic (exact) mass is 251 g/mol. The maximum atomic E-state index is 12.2. The summed E-state index contributed by atoms with van der Waals surface area (Å²) >= 11 is 0. The van der Waals surface area contributed by atoms with Crippen LogP contribution >= 0.6 is 0 Å². The van der Waals surface area contributed by atoms with Gasteiger partial charge in [0, 0.05) is 6.04 Å². The summed E-state index contributed by atoms with van der Waals surface area (Å²) < 4.78 is 0. The predicted octanol–water partition coefficient (Wildman–Crippen LogP) is 1.96. The van der Waals surface area contributed by atoms with Crippen molar-refractivity contribution in [3.8, 4) is 0 Å². The van der Waals surface area contributed by atoms with Gasteiger partial charge in [-0.1, -0.05) is 19.1 Å². The van der Waals surface area contributed by atoms with E-state index in [0.29, 0.717) is 18.8 Å². The Balaban J connectivity index is 1.95. The lowest BCUT2D eigenvalue weighted by Crippen LogP contribution is -2.41. The molecular weight excluding hydrogens is 230 g/mol. The summed E-state index contributed by atoms with van der Waals surface area (Å²) in [7, 11) is 0. The average Bonchev–Trinajstić information content (AvgIpc) is 2.73. The van der Waals surface area contributed by atoms with Gasteiger partial charge in [0.2, 0.25) is 5.91 Å². The van der Waals surface area contributed by atoms with E-state index < -0.39 is 11.9 Å². The second-order valence-electron chi connectivity index (χ2n) is 5.62. The Kier molecular flexibility index (Phi) is 4.04. The van der Waals surface area contributed by atoms with Gasteiger partial charge in [-0.3, -0.25) is 9.59 Å². The molecule has 1 fully saturated rings. The van der Waals surface area contributed by atoms with E-state index in [4.69, 9.17) is 5.11 Å². The maximum Gasteiger partial charge on any atom is 0.307 e. The molecule has 4 heteroatoms. The van der Waals surface area contributed by atoms with Crippen LogP contribution in [0.3, 0.4) is 0 Å². The van der Waals surface area contributed by atoms with Gasteiger partial charge in [0.25, 0.3) is 0 Å². The molecule has 0 heterocycles. The first-order chi connectivity index (χ1) is 8.58. The summed E-state index contributed by atoms with van der Waals surface area (Å²) in [5.74, 6) is -1.41. The van der Waals surface area contributed by atoms with E-state index >= 15 is 0 Å². The third kappa shape index (κ3) is 2.92. The second-order valence-corrected chi connectivity index (χ2v) is 5.62. The highest BCUT2D eigenvalue weighted by atomic mass is 16.4. The molecule has 100 valence electrons. The number of amides is 1. The Morgan fingerprint density at radius 1 is 1.22 bits per heavy atom. The lowest BCUT2D eigenvalue weighted by atomic mass is 9.94. The van der Waals surface area contributed by atoms with E-state index in [1.807, 2.05) is 6.92 Å². The molecule has 4 atom stereocenters. The lowest BCUT2D eigenvalue weighted by molar-refractivity contribution is -0.146. The number of nitrogens with one attached hydrogen (secondary N) is 1. The van der Waals surface area contributed by atoms with E-state index in [2.05, 4.69) is 17.5 Å². The zero-order valence-corrected chi connectivity index (χ0v) is 10.8. The van der Waals surface area contributed by atoms with Gasteiger partial charge in [-0.25, -0.2) is 0 Å². The number of carbonyl (C=O) groups excluding carboxylic acids is 1. The van der Waals surface area contributed by atoms with Gasteiger partial charge in [0.15, 0.2) is 0 Å². The van der Waals surface area contributed by atoms with Crippen molar-refractivity contribution in [1.29, 1.82) is 0 Å². The molecule has 0 aliphatic heterocycles. The zero-order chi connectivity index (χ0) is 13.1. The van der Waals surface area contributed by atoms with Gasteiger partial charge in [0.1, 0.15) is 0 Å². The fourth-order valence-electron chi connectivity index (χ4n) is 3.09. The van der Waals surface area contributed by atoms with Gasteiger partial charge in [-0.15, -0.1) is 0 Å². The zero-order valence-electron chi connectivity index (χ0n) is 10.8. The molecule has 2 aliphatic rings. The first-order valence-corrected chi connectivity index (χ1v) is 6.76. The molecule has 0 aromatic rings. The SMILES string of the molecule is CC1C[C@H](C(=O)NC2CC=CCC2)[C@H](C(=O)O)C1. The van der Waals surface area contributed by atoms with Gasteiger partial charge in [-0.2, -0.15) is 0 Å². The van der Waals surface area contributed by atoms with Crippen molar-refractivity contribution in [2.45, 2.75) is 45.1 Å². The molecule has 0 saturated heterocycles. The van der Waals surface area contributed by atoms with Crippen molar-refractivity contribution in [2.75, 3.05) is 0 Å². The van der Waals surface area contributed by atoms with Crippen LogP contribution < -0.4 is 5.32 Å². The Morgan fingerprint density at radius 3 is 2.56 bits per heavy atom. The largest absolute Gasteiger partial charge is 0.481 e. The first-order valence-electron chi connectivity index (χ1n) is 6.76. The normalized spacial score (nSPS) is 35.4. The van der Waals surface area contributed by atoms with E-state index in [1.165, 1.54) is 0 Å². The second kappa shape index (κ2) is 5.55. The average molecular weight is 251 g/mol. The standard InChI is InChI=1S/C14H21NO3/c1-9-7-11(12(8-9)14(17)18)13(16)15-10-5-3-2-4-6-10/h2-3,9-12H,4-8H2,1H3,(H,15,16)(H,17,18)/t9?,10?,11-,12+/m0/s1. The third-order valence-corrected chi connectivity index (χ3v) is 4.07. The highest BCUT2D eigenvalue weighted by Crippen LogP contribution is 2.36. The summed E-state index contributed by atoms with van der Waals surface area (Å²) in [6.45, 7) is 2.02. The maximum absolute atomic E-state index is 12.2. The fourth-order valence-corrected chi connectivity index (χ4v) is 3.09. The van der Waals surface area contributed by atoms with E-state index in [1.54, 1.807) is 0 Å². The van der Waals surface area contributed by atoms with Crippen molar-refractivity contribution in [2.24, 2.45) is 17.8 Å². The molecular formula is C14H21NO3. The fraction of sp³-hybridized carbons (Fsp3) is 0.714. The van der Waals surface area contributed by atoms with E-state index in [9.17, 15) is 9.59 Å². The van der Waals surface area contributed by atoms with Crippen LogP contribution in [-0.4, -0.2) is 23.0 Å². The molecule has 0 bridgehead atoms. The number of hydrogen-bond donors (Lipinski definition) is 2. The molecule has 0 spiro atoms. The van der Waals surface area contributed by atoms with Crippen LogP contribution in [0.2, 0.25) is 0 Å². The molecule has 4 nitrogen and oxygen atoms in total. The van der Waals surface area contributed by atoms with Gasteiger partial charge >= 0.3 is 5.97 Å². The molecule has 0 aromatic heterocycles. The van der Waals surface area contributed by atoms with E-state index in [-0.39, 0.29) is 17.9 Å². The summed E-state index contributed by atoms with van der Waals surface area (Å²) in [4.78, 5) is 23.3. The number of hydrogen-bond acceptors (Lipinski definition) is 2. The molecule has 1 amide bonds. The van der Waals surface area contributed by atoms with Crippen LogP contribution in [-0.2, 0) is 9.59 Å². The molecule has 0 aromatic carbocycles. The molecule has 18 heavy (non-hydrogen) atoms. The number of allylic oxidation sites excluding steroid dienone is 1. The summed E-state index contributed by atoms with van der Waals surface area (Å²) in [6, 6.07) is 0.188. The number of carboxylic acid groups (broad SMARTS) is 1. The van der Waals surface area contributed by atoms with Crippen LogP contribution in [0, 0.1) is 17.8 Å². The minimum atomic E-state index is -0.831. The molecule has 2 rings (SSSR count). The first kappa shape index (κ1) is 13.1. The summed E-state index contributed by atoms with van der Waals surface area (Å²) in [5.41, 5.74) is 0. The van der Waals surface area contributed by atoms with Crippen molar-refractivity contribution >= 4 is 11.9 Å². The number of rotatable bonds is 3. The number of carbonyl (C=O) groups is 2. The third-order valence-electron chi connectivity index (χ3n) is 4.07.